The zero-order chi connectivity index (χ0) is 12.8. The first-order valence-electron chi connectivity index (χ1n) is 5.40. The molecule has 1 rings (SSSR count). The molecule has 6 nitrogen and oxygen atoms in total. The van der Waals surface area contributed by atoms with E-state index in [1.54, 1.807) is 0 Å². The largest absolute Gasteiger partial charge is 0.480 e. The van der Waals surface area contributed by atoms with E-state index in [-0.39, 0.29) is 25.2 Å². The van der Waals surface area contributed by atoms with Gasteiger partial charge in [0.15, 0.2) is 6.79 Å². The number of nitrogens with zero attached hydrogens (tertiary/aromatic N) is 1. The van der Waals surface area contributed by atoms with E-state index in [1.165, 1.54) is 18.1 Å². The fraction of sp³-hybridized carbons (Fsp3) is 0.636. The third-order valence-electron chi connectivity index (χ3n) is 2.73. The Balaban J connectivity index is 2.53. The highest BCUT2D eigenvalue weighted by atomic mass is 16.7. The van der Waals surface area contributed by atoms with Gasteiger partial charge in [-0.1, -0.05) is 6.58 Å². The summed E-state index contributed by atoms with van der Waals surface area (Å²) in [6, 6.07) is -0.810. The van der Waals surface area contributed by atoms with Crippen molar-refractivity contribution in [1.29, 1.82) is 0 Å². The van der Waals surface area contributed by atoms with E-state index in [0.29, 0.717) is 13.0 Å². The van der Waals surface area contributed by atoms with Gasteiger partial charge in [0.25, 0.3) is 0 Å². The van der Waals surface area contributed by atoms with Gasteiger partial charge in [-0.15, -0.1) is 0 Å². The number of carboxylic acid groups (broad SMARTS) is 1. The topological polar surface area (TPSA) is 76.1 Å². The molecule has 1 fully saturated rings. The third kappa shape index (κ3) is 3.74. The number of aliphatic carboxylic acids is 1. The second kappa shape index (κ2) is 6.24. The van der Waals surface area contributed by atoms with Crippen LogP contribution in [0.2, 0.25) is 0 Å². The minimum atomic E-state index is -1.00. The molecule has 0 bridgehead atoms. The number of hydrogen-bond donors (Lipinski definition) is 1. The van der Waals surface area contributed by atoms with Crippen molar-refractivity contribution in [2.75, 3.05) is 13.3 Å². The molecule has 1 heterocycles. The average Bonchev–Trinajstić information content (AvgIpc) is 2.29. The summed E-state index contributed by atoms with van der Waals surface area (Å²) >= 11 is 0. The summed E-state index contributed by atoms with van der Waals surface area (Å²) in [5.41, 5.74) is 0. The fourth-order valence-electron chi connectivity index (χ4n) is 1.88. The Morgan fingerprint density at radius 2 is 2.29 bits per heavy atom. The zero-order valence-corrected chi connectivity index (χ0v) is 9.80. The van der Waals surface area contributed by atoms with Crippen molar-refractivity contribution in [3.63, 3.8) is 0 Å². The summed E-state index contributed by atoms with van der Waals surface area (Å²) in [4.78, 5) is 23.7. The Labute approximate surface area is 99.8 Å². The normalized spacial score (nSPS) is 24.2. The van der Waals surface area contributed by atoms with E-state index in [1.807, 2.05) is 0 Å². The van der Waals surface area contributed by atoms with Crippen LogP contribution in [-0.4, -0.2) is 47.4 Å². The molecule has 0 aromatic rings. The van der Waals surface area contributed by atoms with E-state index < -0.39 is 12.0 Å². The van der Waals surface area contributed by atoms with E-state index in [0.717, 1.165) is 0 Å². The van der Waals surface area contributed by atoms with Crippen molar-refractivity contribution in [2.45, 2.75) is 31.9 Å². The molecule has 0 aromatic heterocycles. The Morgan fingerprint density at radius 1 is 1.59 bits per heavy atom. The highest BCUT2D eigenvalue weighted by Gasteiger charge is 2.35. The van der Waals surface area contributed by atoms with Crippen LogP contribution in [0.5, 0.6) is 0 Å². The number of carboxylic acids is 1. The molecule has 1 N–H and O–H groups in total. The summed E-state index contributed by atoms with van der Waals surface area (Å²) < 4.78 is 10.2. The first-order chi connectivity index (χ1) is 8.06. The maximum atomic E-state index is 11.3. The summed E-state index contributed by atoms with van der Waals surface area (Å²) in [6.07, 6.45) is 1.96. The van der Waals surface area contributed by atoms with Crippen LogP contribution in [0, 0.1) is 0 Å². The molecule has 0 radical (unpaired) electrons. The highest BCUT2D eigenvalue weighted by Crippen LogP contribution is 2.20. The fourth-order valence-corrected chi connectivity index (χ4v) is 1.88. The van der Waals surface area contributed by atoms with Gasteiger partial charge in [-0.3, -0.25) is 4.79 Å². The monoisotopic (exact) mass is 243 g/mol. The van der Waals surface area contributed by atoms with Gasteiger partial charge < -0.3 is 19.5 Å². The minimum Gasteiger partial charge on any atom is -0.480 e. The van der Waals surface area contributed by atoms with Crippen LogP contribution in [0.3, 0.4) is 0 Å². The number of hydrogen-bond acceptors (Lipinski definition) is 4. The first-order valence-corrected chi connectivity index (χ1v) is 5.40. The number of amides is 1. The van der Waals surface area contributed by atoms with Crippen LogP contribution >= 0.6 is 0 Å². The smallest absolute Gasteiger partial charge is 0.326 e. The molecule has 2 unspecified atom stereocenters. The second-order valence-electron chi connectivity index (χ2n) is 3.83. The standard InChI is InChI=1S/C11H17NO5/c1-3-16-7-17-9-4-5-12(8(2)13)10(6-9)11(14)15/h3,9-10H,1,4-7H2,2H3,(H,14,15). The van der Waals surface area contributed by atoms with Gasteiger partial charge in [0.2, 0.25) is 5.91 Å². The van der Waals surface area contributed by atoms with Gasteiger partial charge in [-0.05, 0) is 6.42 Å². The van der Waals surface area contributed by atoms with Gasteiger partial charge >= 0.3 is 5.97 Å². The molecular formula is C11H17NO5. The van der Waals surface area contributed by atoms with Crippen LogP contribution in [0.15, 0.2) is 12.8 Å². The number of ether oxygens (including phenoxy) is 2. The zero-order valence-electron chi connectivity index (χ0n) is 9.80. The minimum absolute atomic E-state index is 0.0561. The van der Waals surface area contributed by atoms with Crippen LogP contribution in [0.1, 0.15) is 19.8 Å². The summed E-state index contributed by atoms with van der Waals surface area (Å²) in [5, 5.41) is 9.05. The van der Waals surface area contributed by atoms with E-state index in [2.05, 4.69) is 6.58 Å². The van der Waals surface area contributed by atoms with Crippen molar-refractivity contribution < 1.29 is 24.2 Å². The number of likely N-dealkylation sites (tertiary alicyclic amines) is 1. The van der Waals surface area contributed by atoms with Crippen LogP contribution in [-0.2, 0) is 19.1 Å². The predicted molar refractivity (Wildman–Crippen MR) is 59.1 cm³/mol. The average molecular weight is 243 g/mol. The maximum Gasteiger partial charge on any atom is 0.326 e. The van der Waals surface area contributed by atoms with Crippen molar-refractivity contribution in [1.82, 2.24) is 4.90 Å². The molecule has 0 aliphatic carbocycles. The molecular weight excluding hydrogens is 226 g/mol. The predicted octanol–water partition coefficient (Wildman–Crippen LogP) is 0.585. The molecule has 6 heteroatoms. The Hall–Kier alpha value is -1.56. The summed E-state index contributed by atoms with van der Waals surface area (Å²) in [6.45, 7) is 5.20. The summed E-state index contributed by atoms with van der Waals surface area (Å²) in [7, 11) is 0. The summed E-state index contributed by atoms with van der Waals surface area (Å²) in [5.74, 6) is -1.23. The number of piperidine rings is 1. The van der Waals surface area contributed by atoms with Gasteiger partial charge in [-0.2, -0.15) is 0 Å². The van der Waals surface area contributed by atoms with Crippen LogP contribution in [0.25, 0.3) is 0 Å². The quantitative estimate of drug-likeness (QED) is 0.434. The SMILES string of the molecule is C=COCOC1CCN(C(C)=O)C(C(=O)O)C1. The molecule has 96 valence electrons. The van der Waals surface area contributed by atoms with Gasteiger partial charge in [0.1, 0.15) is 6.04 Å². The molecule has 2 atom stereocenters. The van der Waals surface area contributed by atoms with Crippen LogP contribution in [0.4, 0.5) is 0 Å². The van der Waals surface area contributed by atoms with E-state index >= 15 is 0 Å². The second-order valence-corrected chi connectivity index (χ2v) is 3.83. The first kappa shape index (κ1) is 13.5. The lowest BCUT2D eigenvalue weighted by Gasteiger charge is -2.36. The number of rotatable bonds is 5. The molecule has 1 saturated heterocycles. The third-order valence-corrected chi connectivity index (χ3v) is 2.73. The van der Waals surface area contributed by atoms with E-state index in [9.17, 15) is 9.59 Å². The molecule has 0 aromatic carbocycles. The molecule has 1 aliphatic heterocycles. The molecule has 1 aliphatic rings. The van der Waals surface area contributed by atoms with Gasteiger partial charge in [0.05, 0.1) is 12.4 Å². The van der Waals surface area contributed by atoms with Crippen LogP contribution < -0.4 is 0 Å². The van der Waals surface area contributed by atoms with E-state index in [4.69, 9.17) is 14.6 Å². The lowest BCUT2D eigenvalue weighted by Crippen LogP contribution is -2.51. The Morgan fingerprint density at radius 3 is 2.82 bits per heavy atom. The van der Waals surface area contributed by atoms with Crippen molar-refractivity contribution in [2.24, 2.45) is 0 Å². The Kier molecular flexibility index (Phi) is 4.96. The highest BCUT2D eigenvalue weighted by molar-refractivity contribution is 5.82. The lowest BCUT2D eigenvalue weighted by molar-refractivity contribution is -0.157. The van der Waals surface area contributed by atoms with Gasteiger partial charge in [0, 0.05) is 19.9 Å². The van der Waals surface area contributed by atoms with Crippen molar-refractivity contribution in [3.05, 3.63) is 12.8 Å². The molecule has 17 heavy (non-hydrogen) atoms. The number of carbonyl (C=O) groups is 2. The van der Waals surface area contributed by atoms with Crippen molar-refractivity contribution >= 4 is 11.9 Å². The lowest BCUT2D eigenvalue weighted by atomic mass is 9.99. The molecule has 0 saturated carbocycles. The number of carbonyl (C=O) groups excluding carboxylic acids is 1. The van der Waals surface area contributed by atoms with Gasteiger partial charge in [-0.25, -0.2) is 4.79 Å². The molecule has 0 spiro atoms. The Bertz CT molecular complexity index is 304. The van der Waals surface area contributed by atoms with Crippen molar-refractivity contribution in [3.8, 4) is 0 Å². The maximum absolute atomic E-state index is 11.3. The molecule has 1 amide bonds.